The van der Waals surface area contributed by atoms with Crippen LogP contribution in [0.15, 0.2) is 53.6 Å². The van der Waals surface area contributed by atoms with Crippen molar-refractivity contribution >= 4 is 23.6 Å². The second kappa shape index (κ2) is 8.63. The minimum Gasteiger partial charge on any atom is -0.504 e. The highest BCUT2D eigenvalue weighted by Gasteiger charge is 2.38. The molecular formula is C24H25N3O4. The summed E-state index contributed by atoms with van der Waals surface area (Å²) in [6.07, 6.45) is 8.11. The normalized spacial score (nSPS) is 18.0. The molecule has 160 valence electrons. The maximum atomic E-state index is 12.6. The fourth-order valence-corrected chi connectivity index (χ4v) is 4.36. The van der Waals surface area contributed by atoms with Gasteiger partial charge in [0.05, 0.1) is 13.3 Å². The third-order valence-electron chi connectivity index (χ3n) is 5.88. The van der Waals surface area contributed by atoms with E-state index in [9.17, 15) is 14.7 Å². The highest BCUT2D eigenvalue weighted by molar-refractivity contribution is 6.41. The summed E-state index contributed by atoms with van der Waals surface area (Å²) < 4.78 is 5.04. The van der Waals surface area contributed by atoms with E-state index in [-0.39, 0.29) is 11.3 Å². The van der Waals surface area contributed by atoms with Crippen LogP contribution in [0.25, 0.3) is 5.70 Å². The number of carbonyl (C=O) groups is 2. The number of nitrogens with one attached hydrogen (secondary N) is 2. The van der Waals surface area contributed by atoms with Gasteiger partial charge >= 0.3 is 5.91 Å². The summed E-state index contributed by atoms with van der Waals surface area (Å²) >= 11 is 0. The van der Waals surface area contributed by atoms with Crippen molar-refractivity contribution in [3.63, 3.8) is 0 Å². The number of fused-ring (bicyclic) bond motifs is 1. The minimum atomic E-state index is -0.820. The number of ketones is 1. The SMILES string of the molecule is COc1cc(/C=N\NC(=O)C(=O)/C=C2\NC3(CCCC3)Cc3ccccc32)ccc1O. The quantitative estimate of drug-likeness (QED) is 0.299. The molecule has 1 saturated carbocycles. The van der Waals surface area contributed by atoms with E-state index in [1.54, 1.807) is 12.1 Å². The van der Waals surface area contributed by atoms with Crippen molar-refractivity contribution in [1.29, 1.82) is 0 Å². The van der Waals surface area contributed by atoms with Crippen LogP contribution in [-0.2, 0) is 16.0 Å². The van der Waals surface area contributed by atoms with Crippen LogP contribution in [-0.4, -0.2) is 35.7 Å². The lowest BCUT2D eigenvalue weighted by Gasteiger charge is -2.38. The van der Waals surface area contributed by atoms with Gasteiger partial charge < -0.3 is 15.2 Å². The van der Waals surface area contributed by atoms with E-state index in [4.69, 9.17) is 4.74 Å². The van der Waals surface area contributed by atoms with Gasteiger partial charge in [-0.1, -0.05) is 37.1 Å². The summed E-state index contributed by atoms with van der Waals surface area (Å²) in [5.41, 5.74) is 5.68. The van der Waals surface area contributed by atoms with Crippen molar-refractivity contribution in [1.82, 2.24) is 10.7 Å². The van der Waals surface area contributed by atoms with Gasteiger partial charge in [0.25, 0.3) is 0 Å². The Morgan fingerprint density at radius 2 is 1.97 bits per heavy atom. The number of ether oxygens (including phenoxy) is 1. The first-order valence-corrected chi connectivity index (χ1v) is 10.3. The number of hydrazone groups is 1. The molecule has 2 aromatic carbocycles. The summed E-state index contributed by atoms with van der Waals surface area (Å²) in [5, 5.41) is 17.0. The van der Waals surface area contributed by atoms with Gasteiger partial charge in [0.1, 0.15) is 0 Å². The zero-order valence-corrected chi connectivity index (χ0v) is 17.4. The van der Waals surface area contributed by atoms with Gasteiger partial charge in [-0.25, -0.2) is 5.43 Å². The standard InChI is InChI=1S/C24H25N3O4/c1-31-22-12-16(8-9-20(22)28)15-25-27-23(30)21(29)13-19-18-7-3-2-6-17(18)14-24(26-19)10-4-5-11-24/h2-3,6-9,12-13,15,26,28H,4-5,10-11,14H2,1H3,(H,27,30)/b19-13-,25-15-. The molecule has 1 aliphatic heterocycles. The summed E-state index contributed by atoms with van der Waals surface area (Å²) in [6.45, 7) is 0. The number of hydrogen-bond acceptors (Lipinski definition) is 6. The van der Waals surface area contributed by atoms with Crippen LogP contribution in [0, 0.1) is 0 Å². The first-order chi connectivity index (χ1) is 15.0. The van der Waals surface area contributed by atoms with E-state index in [2.05, 4.69) is 21.9 Å². The Hall–Kier alpha value is -3.61. The van der Waals surface area contributed by atoms with Crippen LogP contribution in [0.5, 0.6) is 11.5 Å². The van der Waals surface area contributed by atoms with Crippen LogP contribution in [0.3, 0.4) is 0 Å². The Labute approximate surface area is 180 Å². The second-order valence-corrected chi connectivity index (χ2v) is 8.00. The summed E-state index contributed by atoms with van der Waals surface area (Å²) in [5.74, 6) is -1.20. The van der Waals surface area contributed by atoms with E-state index in [0.29, 0.717) is 17.0 Å². The number of carbonyl (C=O) groups excluding carboxylic acids is 2. The Bertz CT molecular complexity index is 1070. The number of methoxy groups -OCH3 is 1. The number of hydrogen-bond donors (Lipinski definition) is 3. The molecule has 0 radical (unpaired) electrons. The summed E-state index contributed by atoms with van der Waals surface area (Å²) in [6, 6.07) is 12.6. The molecule has 2 aliphatic rings. The topological polar surface area (TPSA) is 100 Å². The molecular weight excluding hydrogens is 394 g/mol. The number of aromatic hydroxyl groups is 1. The molecule has 0 aromatic heterocycles. The molecule has 0 bridgehead atoms. The molecule has 7 nitrogen and oxygen atoms in total. The van der Waals surface area contributed by atoms with E-state index >= 15 is 0 Å². The Morgan fingerprint density at radius 1 is 1.19 bits per heavy atom. The maximum Gasteiger partial charge on any atom is 0.311 e. The molecule has 0 saturated heterocycles. The van der Waals surface area contributed by atoms with Gasteiger partial charge in [0.15, 0.2) is 11.5 Å². The Balaban J connectivity index is 1.48. The molecule has 1 amide bonds. The van der Waals surface area contributed by atoms with Crippen molar-refractivity contribution in [2.45, 2.75) is 37.6 Å². The van der Waals surface area contributed by atoms with Crippen LogP contribution >= 0.6 is 0 Å². The highest BCUT2D eigenvalue weighted by atomic mass is 16.5. The van der Waals surface area contributed by atoms with Gasteiger partial charge in [0, 0.05) is 22.9 Å². The van der Waals surface area contributed by atoms with Gasteiger partial charge in [0.2, 0.25) is 5.78 Å². The van der Waals surface area contributed by atoms with Crippen molar-refractivity contribution in [2.24, 2.45) is 5.10 Å². The van der Waals surface area contributed by atoms with E-state index < -0.39 is 11.7 Å². The molecule has 4 rings (SSSR count). The van der Waals surface area contributed by atoms with Crippen LogP contribution < -0.4 is 15.5 Å². The first-order valence-electron chi connectivity index (χ1n) is 10.3. The predicted octanol–water partition coefficient (Wildman–Crippen LogP) is 2.92. The number of phenolic OH excluding ortho intramolecular Hbond substituents is 1. The molecule has 31 heavy (non-hydrogen) atoms. The summed E-state index contributed by atoms with van der Waals surface area (Å²) in [7, 11) is 1.44. The first kappa shape index (κ1) is 20.7. The molecule has 1 spiro atoms. The Kier molecular flexibility index (Phi) is 5.75. The third kappa shape index (κ3) is 4.45. The maximum absolute atomic E-state index is 12.6. The number of rotatable bonds is 5. The van der Waals surface area contributed by atoms with Crippen molar-refractivity contribution < 1.29 is 19.4 Å². The van der Waals surface area contributed by atoms with Crippen molar-refractivity contribution in [3.05, 3.63) is 65.2 Å². The number of phenols is 1. The monoisotopic (exact) mass is 419 g/mol. The number of amides is 1. The minimum absolute atomic E-state index is 0.00536. The van der Waals surface area contributed by atoms with Crippen LogP contribution in [0.2, 0.25) is 0 Å². The number of benzene rings is 2. The molecule has 0 unspecified atom stereocenters. The van der Waals surface area contributed by atoms with Gasteiger partial charge in [-0.2, -0.15) is 5.10 Å². The largest absolute Gasteiger partial charge is 0.504 e. The molecule has 2 aromatic rings. The van der Waals surface area contributed by atoms with Crippen LogP contribution in [0.4, 0.5) is 0 Å². The zero-order chi connectivity index (χ0) is 21.8. The molecule has 1 aliphatic carbocycles. The molecule has 0 atom stereocenters. The lowest BCUT2D eigenvalue weighted by atomic mass is 9.82. The molecule has 7 heteroatoms. The van der Waals surface area contributed by atoms with E-state index in [0.717, 1.165) is 37.7 Å². The van der Waals surface area contributed by atoms with Gasteiger partial charge in [-0.05, 0) is 48.6 Å². The van der Waals surface area contributed by atoms with Crippen LogP contribution in [0.1, 0.15) is 42.4 Å². The highest BCUT2D eigenvalue weighted by Crippen LogP contribution is 2.39. The number of nitrogens with zero attached hydrogens (tertiary/aromatic N) is 1. The van der Waals surface area contributed by atoms with Gasteiger partial charge in [-0.15, -0.1) is 0 Å². The fraction of sp³-hybridized carbons (Fsp3) is 0.292. The fourth-order valence-electron chi connectivity index (χ4n) is 4.36. The van der Waals surface area contributed by atoms with E-state index in [1.165, 1.54) is 31.0 Å². The average Bonchev–Trinajstić information content (AvgIpc) is 3.21. The lowest BCUT2D eigenvalue weighted by Crippen LogP contribution is -2.47. The van der Waals surface area contributed by atoms with Crippen molar-refractivity contribution in [2.75, 3.05) is 7.11 Å². The molecule has 1 heterocycles. The third-order valence-corrected chi connectivity index (χ3v) is 5.88. The lowest BCUT2D eigenvalue weighted by molar-refractivity contribution is -0.135. The zero-order valence-electron chi connectivity index (χ0n) is 17.4. The van der Waals surface area contributed by atoms with Crippen molar-refractivity contribution in [3.8, 4) is 11.5 Å². The molecule has 3 N–H and O–H groups in total. The Morgan fingerprint density at radius 3 is 2.74 bits per heavy atom. The average molecular weight is 419 g/mol. The summed E-state index contributed by atoms with van der Waals surface area (Å²) in [4.78, 5) is 24.9. The van der Waals surface area contributed by atoms with E-state index in [1.807, 2.05) is 18.2 Å². The molecule has 1 fully saturated rings. The second-order valence-electron chi connectivity index (χ2n) is 8.00. The predicted molar refractivity (Wildman–Crippen MR) is 118 cm³/mol. The smallest absolute Gasteiger partial charge is 0.311 e. The van der Waals surface area contributed by atoms with Gasteiger partial charge in [-0.3, -0.25) is 9.59 Å².